The molecule has 6 heteroatoms. The van der Waals surface area contributed by atoms with Crippen molar-refractivity contribution in [1.82, 2.24) is 0 Å². The molecule has 148 valence electrons. The van der Waals surface area contributed by atoms with Crippen LogP contribution in [0, 0.1) is 0 Å². The van der Waals surface area contributed by atoms with Crippen molar-refractivity contribution in [2.45, 2.75) is 6.54 Å². The molecule has 0 bridgehead atoms. The number of ether oxygens (including phenoxy) is 2. The predicted molar refractivity (Wildman–Crippen MR) is 110 cm³/mol. The molecule has 0 aromatic heterocycles. The highest BCUT2D eigenvalue weighted by atomic mass is 16.5. The Bertz CT molecular complexity index is 1230. The molecule has 30 heavy (non-hydrogen) atoms. The number of aromatic hydroxyl groups is 1. The number of methoxy groups -OCH3 is 1. The highest BCUT2D eigenvalue weighted by molar-refractivity contribution is 6.29. The summed E-state index contributed by atoms with van der Waals surface area (Å²) >= 11 is 0. The van der Waals surface area contributed by atoms with Gasteiger partial charge in [-0.2, -0.15) is 0 Å². The minimum absolute atomic E-state index is 0.0386. The maximum Gasteiger partial charge on any atom is 0.235 e. The van der Waals surface area contributed by atoms with Gasteiger partial charge in [-0.15, -0.1) is 0 Å². The Balaban J connectivity index is 1.79. The van der Waals surface area contributed by atoms with Crippen LogP contribution in [0.3, 0.4) is 0 Å². The summed E-state index contributed by atoms with van der Waals surface area (Å²) in [6, 6.07) is 19.5. The third kappa shape index (κ3) is 2.58. The Morgan fingerprint density at radius 3 is 2.40 bits per heavy atom. The number of phenolic OH excluding ortho intramolecular Hbond substituents is 1. The first-order chi connectivity index (χ1) is 14.6. The van der Waals surface area contributed by atoms with Gasteiger partial charge in [-0.05, 0) is 30.3 Å². The number of anilines is 1. The molecule has 0 saturated carbocycles. The maximum atomic E-state index is 13.7. The Labute approximate surface area is 172 Å². The van der Waals surface area contributed by atoms with Crippen molar-refractivity contribution in [1.29, 1.82) is 0 Å². The molecular formula is C24H17NO5. The van der Waals surface area contributed by atoms with Gasteiger partial charge in [0.05, 0.1) is 24.8 Å². The zero-order valence-corrected chi connectivity index (χ0v) is 16.1. The van der Waals surface area contributed by atoms with Crippen LogP contribution in [0.4, 0.5) is 5.69 Å². The minimum Gasteiger partial charge on any atom is -0.507 e. The van der Waals surface area contributed by atoms with Gasteiger partial charge >= 0.3 is 0 Å². The van der Waals surface area contributed by atoms with E-state index in [1.54, 1.807) is 17.0 Å². The number of carbonyl (C=O) groups excluding carboxylic acids is 2. The molecule has 0 spiro atoms. The first kappa shape index (κ1) is 18.0. The summed E-state index contributed by atoms with van der Waals surface area (Å²) in [4.78, 5) is 28.9. The highest BCUT2D eigenvalue weighted by Crippen LogP contribution is 2.42. The van der Waals surface area contributed by atoms with Crippen molar-refractivity contribution >= 4 is 17.3 Å². The van der Waals surface area contributed by atoms with E-state index >= 15 is 0 Å². The number of para-hydroxylation sites is 2. The summed E-state index contributed by atoms with van der Waals surface area (Å²) in [5.74, 6) is -0.677. The molecule has 0 amide bonds. The van der Waals surface area contributed by atoms with Crippen LogP contribution in [0.1, 0.15) is 26.3 Å². The van der Waals surface area contributed by atoms with Gasteiger partial charge in [0.15, 0.2) is 0 Å². The zero-order valence-electron chi connectivity index (χ0n) is 16.1. The molecule has 0 saturated heterocycles. The van der Waals surface area contributed by atoms with E-state index in [4.69, 9.17) is 9.47 Å². The number of ketones is 2. The van der Waals surface area contributed by atoms with Gasteiger partial charge in [0, 0.05) is 11.3 Å². The normalized spacial score (nSPS) is 15.0. The third-order valence-electron chi connectivity index (χ3n) is 5.31. The smallest absolute Gasteiger partial charge is 0.235 e. The quantitative estimate of drug-likeness (QED) is 0.700. The number of rotatable bonds is 2. The molecule has 0 radical (unpaired) electrons. The van der Waals surface area contributed by atoms with E-state index in [1.165, 1.54) is 19.2 Å². The van der Waals surface area contributed by atoms with E-state index in [0.717, 1.165) is 11.3 Å². The van der Waals surface area contributed by atoms with Crippen molar-refractivity contribution in [2.75, 3.05) is 12.0 Å². The Kier molecular flexibility index (Phi) is 4.06. The van der Waals surface area contributed by atoms with Gasteiger partial charge in [0.25, 0.3) is 0 Å². The van der Waals surface area contributed by atoms with Gasteiger partial charge < -0.3 is 19.5 Å². The van der Waals surface area contributed by atoms with Crippen LogP contribution in [-0.2, 0) is 6.54 Å². The lowest BCUT2D eigenvalue weighted by Gasteiger charge is -2.29. The van der Waals surface area contributed by atoms with Crippen LogP contribution in [-0.4, -0.2) is 23.8 Å². The molecule has 1 heterocycles. The molecule has 1 aliphatic heterocycles. The first-order valence-electron chi connectivity index (χ1n) is 9.42. The van der Waals surface area contributed by atoms with Crippen molar-refractivity contribution in [2.24, 2.45) is 0 Å². The van der Waals surface area contributed by atoms with E-state index in [2.05, 4.69) is 0 Å². The fraction of sp³-hybridized carbons (Fsp3) is 0.0833. The monoisotopic (exact) mass is 399 g/mol. The molecule has 5 rings (SSSR count). The summed E-state index contributed by atoms with van der Waals surface area (Å²) in [6.45, 7) is 0.342. The maximum absolute atomic E-state index is 13.7. The standard InChI is InChI=1S/C24H17NO5/c1-29-18-12-11-16(26)19-20(18)22(27)21-24(23(19)28)30-17-10-6-5-7-14(17)13-25(21)15-8-3-2-4-9-15/h2-12,26H,13H2,1H3. The van der Waals surface area contributed by atoms with Gasteiger partial charge in [-0.1, -0.05) is 36.4 Å². The van der Waals surface area contributed by atoms with E-state index in [9.17, 15) is 14.7 Å². The summed E-state index contributed by atoms with van der Waals surface area (Å²) in [7, 11) is 1.42. The van der Waals surface area contributed by atoms with Crippen LogP contribution >= 0.6 is 0 Å². The molecule has 0 atom stereocenters. The van der Waals surface area contributed by atoms with Crippen LogP contribution in [0.5, 0.6) is 17.2 Å². The number of hydrogen-bond donors (Lipinski definition) is 1. The Morgan fingerprint density at radius 1 is 0.900 bits per heavy atom. The van der Waals surface area contributed by atoms with Crippen molar-refractivity contribution in [3.05, 3.63) is 94.9 Å². The summed E-state index contributed by atoms with van der Waals surface area (Å²) in [5, 5.41) is 10.4. The number of allylic oxidation sites excluding steroid dienone is 2. The molecule has 2 aliphatic rings. The predicted octanol–water partition coefficient (Wildman–Crippen LogP) is 4.09. The van der Waals surface area contributed by atoms with Crippen molar-refractivity contribution < 1.29 is 24.2 Å². The number of Topliss-reactive ketones (excluding diaryl/α,β-unsaturated/α-hetero) is 2. The lowest BCUT2D eigenvalue weighted by atomic mass is 9.89. The van der Waals surface area contributed by atoms with Gasteiger partial charge in [0.1, 0.15) is 22.9 Å². The summed E-state index contributed by atoms with van der Waals surface area (Å²) in [6.07, 6.45) is 0. The zero-order chi connectivity index (χ0) is 20.8. The number of phenols is 1. The van der Waals surface area contributed by atoms with E-state index in [1.807, 2.05) is 42.5 Å². The molecule has 1 N–H and O–H groups in total. The van der Waals surface area contributed by atoms with Crippen LogP contribution < -0.4 is 14.4 Å². The topological polar surface area (TPSA) is 76.1 Å². The molecule has 0 fully saturated rings. The Hall–Kier alpha value is -4.06. The lowest BCUT2D eigenvalue weighted by Crippen LogP contribution is -2.34. The van der Waals surface area contributed by atoms with E-state index in [0.29, 0.717) is 12.3 Å². The van der Waals surface area contributed by atoms with Gasteiger partial charge in [-0.25, -0.2) is 0 Å². The summed E-state index contributed by atoms with van der Waals surface area (Å²) < 4.78 is 11.3. The number of hydrogen-bond acceptors (Lipinski definition) is 6. The number of carbonyl (C=O) groups is 2. The van der Waals surface area contributed by atoms with Gasteiger partial charge in [0.2, 0.25) is 17.3 Å². The number of benzene rings is 3. The van der Waals surface area contributed by atoms with E-state index in [-0.39, 0.29) is 34.1 Å². The molecule has 0 unspecified atom stereocenters. The highest BCUT2D eigenvalue weighted by Gasteiger charge is 2.42. The number of fused-ring (bicyclic) bond motifs is 2. The molecular weight excluding hydrogens is 382 g/mol. The molecule has 1 aliphatic carbocycles. The number of nitrogens with zero attached hydrogens (tertiary/aromatic N) is 1. The lowest BCUT2D eigenvalue weighted by molar-refractivity contribution is 0.0931. The average Bonchev–Trinajstić information content (AvgIpc) is 2.95. The summed E-state index contributed by atoms with van der Waals surface area (Å²) in [5.41, 5.74) is 1.63. The fourth-order valence-corrected chi connectivity index (χ4v) is 3.90. The molecule has 6 nitrogen and oxygen atoms in total. The second-order valence-electron chi connectivity index (χ2n) is 7.00. The Morgan fingerprint density at radius 2 is 1.63 bits per heavy atom. The first-order valence-corrected chi connectivity index (χ1v) is 9.42. The third-order valence-corrected chi connectivity index (χ3v) is 5.31. The van der Waals surface area contributed by atoms with Gasteiger partial charge in [-0.3, -0.25) is 9.59 Å². The van der Waals surface area contributed by atoms with Crippen LogP contribution in [0.25, 0.3) is 0 Å². The van der Waals surface area contributed by atoms with Crippen LogP contribution in [0.15, 0.2) is 78.2 Å². The largest absolute Gasteiger partial charge is 0.507 e. The van der Waals surface area contributed by atoms with Crippen molar-refractivity contribution in [3.63, 3.8) is 0 Å². The van der Waals surface area contributed by atoms with Crippen LogP contribution in [0.2, 0.25) is 0 Å². The SMILES string of the molecule is COc1ccc(O)c2c1C(=O)C1=C(Oc3ccccc3CN1c1ccccc1)C2=O. The minimum atomic E-state index is -0.561. The fourth-order valence-electron chi connectivity index (χ4n) is 3.90. The van der Waals surface area contributed by atoms with E-state index < -0.39 is 11.6 Å². The second-order valence-corrected chi connectivity index (χ2v) is 7.00. The molecule has 3 aromatic carbocycles. The second kappa shape index (κ2) is 6.77. The average molecular weight is 399 g/mol. The van der Waals surface area contributed by atoms with Crippen molar-refractivity contribution in [3.8, 4) is 17.2 Å². The molecule has 3 aromatic rings.